The van der Waals surface area contributed by atoms with E-state index in [-0.39, 0.29) is 10.7 Å². The molecule has 0 spiro atoms. The summed E-state index contributed by atoms with van der Waals surface area (Å²) in [5.41, 5.74) is 1.49. The van der Waals surface area contributed by atoms with Gasteiger partial charge in [-0.1, -0.05) is 29.8 Å². The summed E-state index contributed by atoms with van der Waals surface area (Å²) in [5, 5.41) is 11.4. The fraction of sp³-hybridized carbons (Fsp3) is 0.100. The highest BCUT2D eigenvalue weighted by molar-refractivity contribution is 6.37. The van der Waals surface area contributed by atoms with E-state index in [1.807, 2.05) is 13.0 Å². The molecule has 4 nitrogen and oxygen atoms in total. The molecule has 0 aliphatic carbocycles. The number of para-hydroxylation sites is 1. The van der Waals surface area contributed by atoms with Gasteiger partial charge in [0.1, 0.15) is 11.2 Å². The lowest BCUT2D eigenvalue weighted by atomic mass is 10.1. The predicted octanol–water partition coefficient (Wildman–Crippen LogP) is 3.10. The fourth-order valence-corrected chi connectivity index (χ4v) is 1.73. The van der Waals surface area contributed by atoms with Crippen LogP contribution in [0, 0.1) is 17.0 Å². The van der Waals surface area contributed by atoms with Crippen molar-refractivity contribution >= 4 is 28.2 Å². The van der Waals surface area contributed by atoms with Crippen LogP contribution < -0.4 is 0 Å². The van der Waals surface area contributed by atoms with Gasteiger partial charge in [-0.2, -0.15) is 0 Å². The van der Waals surface area contributed by atoms with Gasteiger partial charge in [-0.05, 0) is 12.5 Å². The Bertz CT molecular complexity index is 554. The SMILES string of the molecule is Cc1cccc2c(Cl)c([N+](=O)[O-])cnc12. The van der Waals surface area contributed by atoms with Crippen LogP contribution in [0.4, 0.5) is 5.69 Å². The van der Waals surface area contributed by atoms with Crippen LogP contribution in [-0.4, -0.2) is 9.91 Å². The molecule has 0 atom stereocenters. The number of aryl methyl sites for hydroxylation is 1. The van der Waals surface area contributed by atoms with Crippen molar-refractivity contribution in [3.05, 3.63) is 45.1 Å². The van der Waals surface area contributed by atoms with Gasteiger partial charge in [0.05, 0.1) is 10.4 Å². The lowest BCUT2D eigenvalue weighted by Gasteiger charge is -2.02. The molecule has 0 amide bonds. The summed E-state index contributed by atoms with van der Waals surface area (Å²) in [6.45, 7) is 1.89. The highest BCUT2D eigenvalue weighted by Crippen LogP contribution is 2.31. The summed E-state index contributed by atoms with van der Waals surface area (Å²) < 4.78 is 0. The molecule has 1 heterocycles. The van der Waals surface area contributed by atoms with E-state index in [0.29, 0.717) is 10.9 Å². The van der Waals surface area contributed by atoms with E-state index in [1.165, 1.54) is 6.20 Å². The Kier molecular flexibility index (Phi) is 2.28. The van der Waals surface area contributed by atoms with Gasteiger partial charge in [-0.25, -0.2) is 4.98 Å². The standard InChI is InChI=1S/C10H7ClN2O2/c1-6-3-2-4-7-9(11)8(13(14)15)5-12-10(6)7/h2-5H,1H3. The first kappa shape index (κ1) is 9.86. The molecule has 0 saturated carbocycles. The van der Waals surface area contributed by atoms with Crippen molar-refractivity contribution in [2.45, 2.75) is 6.92 Å². The number of fused-ring (bicyclic) bond motifs is 1. The fourth-order valence-electron chi connectivity index (χ4n) is 1.46. The van der Waals surface area contributed by atoms with Crippen LogP contribution in [0.3, 0.4) is 0 Å². The van der Waals surface area contributed by atoms with Gasteiger partial charge < -0.3 is 0 Å². The molecule has 76 valence electrons. The Hall–Kier alpha value is -1.68. The highest BCUT2D eigenvalue weighted by atomic mass is 35.5. The summed E-state index contributed by atoms with van der Waals surface area (Å²) in [5.74, 6) is 0. The van der Waals surface area contributed by atoms with Gasteiger partial charge >= 0.3 is 5.69 Å². The monoisotopic (exact) mass is 222 g/mol. The summed E-state index contributed by atoms with van der Waals surface area (Å²) in [6.07, 6.45) is 1.19. The molecule has 2 aromatic rings. The summed E-state index contributed by atoms with van der Waals surface area (Å²) in [6, 6.07) is 5.41. The highest BCUT2D eigenvalue weighted by Gasteiger charge is 2.16. The molecule has 0 saturated heterocycles. The molecule has 2 rings (SSSR count). The number of aromatic nitrogens is 1. The van der Waals surface area contributed by atoms with E-state index in [0.717, 1.165) is 5.56 Å². The molecule has 0 N–H and O–H groups in total. The molecule has 0 unspecified atom stereocenters. The van der Waals surface area contributed by atoms with Crippen LogP contribution in [0.2, 0.25) is 5.02 Å². The van der Waals surface area contributed by atoms with Crippen molar-refractivity contribution in [3.8, 4) is 0 Å². The number of hydrogen-bond donors (Lipinski definition) is 0. The molecule has 0 aliphatic rings. The maximum absolute atomic E-state index is 10.6. The summed E-state index contributed by atoms with van der Waals surface area (Å²) >= 11 is 5.93. The second-order valence-electron chi connectivity index (χ2n) is 3.19. The average molecular weight is 223 g/mol. The molecule has 0 bridgehead atoms. The van der Waals surface area contributed by atoms with Crippen molar-refractivity contribution in [2.24, 2.45) is 0 Å². The van der Waals surface area contributed by atoms with Crippen molar-refractivity contribution < 1.29 is 4.92 Å². The van der Waals surface area contributed by atoms with E-state index < -0.39 is 4.92 Å². The molecule has 5 heteroatoms. The third kappa shape index (κ3) is 1.53. The topological polar surface area (TPSA) is 56.0 Å². The van der Waals surface area contributed by atoms with Crippen molar-refractivity contribution in [2.75, 3.05) is 0 Å². The third-order valence-electron chi connectivity index (χ3n) is 2.21. The minimum atomic E-state index is -0.531. The number of nitrogens with zero attached hydrogens (tertiary/aromatic N) is 2. The molecule has 15 heavy (non-hydrogen) atoms. The van der Waals surface area contributed by atoms with E-state index in [4.69, 9.17) is 11.6 Å². The zero-order valence-corrected chi connectivity index (χ0v) is 8.65. The molecule has 0 aliphatic heterocycles. The van der Waals surface area contributed by atoms with Crippen LogP contribution in [0.5, 0.6) is 0 Å². The van der Waals surface area contributed by atoms with Crippen molar-refractivity contribution in [3.63, 3.8) is 0 Å². The molecular formula is C10H7ClN2O2. The first-order valence-electron chi connectivity index (χ1n) is 4.29. The normalized spacial score (nSPS) is 10.5. The summed E-state index contributed by atoms with van der Waals surface area (Å²) in [4.78, 5) is 14.1. The van der Waals surface area contributed by atoms with E-state index in [2.05, 4.69) is 4.98 Å². The van der Waals surface area contributed by atoms with Crippen LogP contribution in [0.15, 0.2) is 24.4 Å². The third-order valence-corrected chi connectivity index (χ3v) is 2.61. The maximum Gasteiger partial charge on any atom is 0.306 e. The largest absolute Gasteiger partial charge is 0.306 e. The van der Waals surface area contributed by atoms with Gasteiger partial charge in [0.15, 0.2) is 0 Å². The number of nitro groups is 1. The quantitative estimate of drug-likeness (QED) is 0.550. The van der Waals surface area contributed by atoms with E-state index in [9.17, 15) is 10.1 Å². The number of halogens is 1. The smallest absolute Gasteiger partial charge is 0.258 e. The molecular weight excluding hydrogens is 216 g/mol. The minimum absolute atomic E-state index is 0.147. The Labute approximate surface area is 90.7 Å². The Morgan fingerprint density at radius 3 is 2.87 bits per heavy atom. The Morgan fingerprint density at radius 1 is 1.47 bits per heavy atom. The van der Waals surface area contributed by atoms with Crippen LogP contribution in [0.1, 0.15) is 5.56 Å². The predicted molar refractivity (Wildman–Crippen MR) is 58.1 cm³/mol. The second kappa shape index (κ2) is 3.47. The second-order valence-corrected chi connectivity index (χ2v) is 3.56. The first-order chi connectivity index (χ1) is 7.11. The van der Waals surface area contributed by atoms with Crippen molar-refractivity contribution in [1.29, 1.82) is 0 Å². The zero-order valence-electron chi connectivity index (χ0n) is 7.90. The Balaban J connectivity index is 2.86. The molecule has 1 aromatic heterocycles. The maximum atomic E-state index is 10.6. The van der Waals surface area contributed by atoms with Crippen molar-refractivity contribution in [1.82, 2.24) is 4.98 Å². The minimum Gasteiger partial charge on any atom is -0.258 e. The lowest BCUT2D eigenvalue weighted by Crippen LogP contribution is -1.92. The molecule has 1 aromatic carbocycles. The zero-order chi connectivity index (χ0) is 11.0. The Morgan fingerprint density at radius 2 is 2.20 bits per heavy atom. The number of hydrogen-bond acceptors (Lipinski definition) is 3. The van der Waals surface area contributed by atoms with Crippen LogP contribution in [-0.2, 0) is 0 Å². The van der Waals surface area contributed by atoms with E-state index in [1.54, 1.807) is 12.1 Å². The summed E-state index contributed by atoms with van der Waals surface area (Å²) in [7, 11) is 0. The van der Waals surface area contributed by atoms with E-state index >= 15 is 0 Å². The van der Waals surface area contributed by atoms with Gasteiger partial charge in [0.25, 0.3) is 0 Å². The van der Waals surface area contributed by atoms with Gasteiger partial charge in [-0.3, -0.25) is 10.1 Å². The number of rotatable bonds is 1. The molecule has 0 fully saturated rings. The van der Waals surface area contributed by atoms with Gasteiger partial charge in [0.2, 0.25) is 0 Å². The van der Waals surface area contributed by atoms with Gasteiger partial charge in [0, 0.05) is 5.39 Å². The molecule has 0 radical (unpaired) electrons. The number of benzene rings is 1. The number of pyridine rings is 1. The van der Waals surface area contributed by atoms with Crippen LogP contribution >= 0.6 is 11.6 Å². The van der Waals surface area contributed by atoms with Gasteiger partial charge in [-0.15, -0.1) is 0 Å². The van der Waals surface area contributed by atoms with Crippen LogP contribution in [0.25, 0.3) is 10.9 Å². The lowest BCUT2D eigenvalue weighted by molar-refractivity contribution is -0.384. The first-order valence-corrected chi connectivity index (χ1v) is 4.67. The average Bonchev–Trinajstić information content (AvgIpc) is 2.19.